The second-order valence-electron chi connectivity index (χ2n) is 8.25. The highest BCUT2D eigenvalue weighted by Gasteiger charge is 2.32. The van der Waals surface area contributed by atoms with Crippen LogP contribution >= 0.6 is 0 Å². The third-order valence-corrected chi connectivity index (χ3v) is 6.62. The lowest BCUT2D eigenvalue weighted by Crippen LogP contribution is -2.25. The first-order chi connectivity index (χ1) is 13.5. The van der Waals surface area contributed by atoms with Crippen molar-refractivity contribution in [1.82, 2.24) is 0 Å². The molecule has 3 rings (SSSR count). The summed E-state index contributed by atoms with van der Waals surface area (Å²) in [7, 11) is 0. The summed E-state index contributed by atoms with van der Waals surface area (Å²) in [5.74, 6) is -0.890. The number of halogens is 4. The minimum absolute atomic E-state index is 0.0209. The lowest BCUT2D eigenvalue weighted by molar-refractivity contribution is 0.170. The van der Waals surface area contributed by atoms with Crippen LogP contribution in [0.25, 0.3) is 0 Å². The molecule has 0 bridgehead atoms. The van der Waals surface area contributed by atoms with E-state index in [1.54, 1.807) is 13.0 Å². The number of rotatable bonds is 6. The summed E-state index contributed by atoms with van der Waals surface area (Å²) >= 11 is 0. The summed E-state index contributed by atoms with van der Waals surface area (Å²) in [5, 5.41) is 0. The molecule has 0 unspecified atom stereocenters. The van der Waals surface area contributed by atoms with Crippen LogP contribution in [0.5, 0.6) is 5.75 Å². The quantitative estimate of drug-likeness (QED) is 0.458. The highest BCUT2D eigenvalue weighted by molar-refractivity contribution is 5.33. The summed E-state index contributed by atoms with van der Waals surface area (Å²) in [4.78, 5) is 0. The van der Waals surface area contributed by atoms with Gasteiger partial charge in [0.2, 0.25) is 5.82 Å². The predicted octanol–water partition coefficient (Wildman–Crippen LogP) is 7.27. The van der Waals surface area contributed by atoms with Crippen LogP contribution in [0, 0.1) is 29.4 Å². The molecule has 0 amide bonds. The third-order valence-electron chi connectivity index (χ3n) is 6.62. The number of alkyl halides is 1. The Hall–Kier alpha value is -1.52. The van der Waals surface area contributed by atoms with Gasteiger partial charge in [0.1, 0.15) is 12.5 Å². The Morgan fingerprint density at radius 3 is 2.14 bits per heavy atom. The van der Waals surface area contributed by atoms with Gasteiger partial charge < -0.3 is 4.74 Å². The molecule has 0 atom stereocenters. The molecule has 0 radical (unpaired) electrons. The topological polar surface area (TPSA) is 9.23 Å². The van der Waals surface area contributed by atoms with Crippen LogP contribution in [-0.2, 0) is 0 Å². The molecule has 28 heavy (non-hydrogen) atoms. The lowest BCUT2D eigenvalue weighted by atomic mass is 9.68. The van der Waals surface area contributed by atoms with Crippen LogP contribution in [0.15, 0.2) is 24.0 Å². The van der Waals surface area contributed by atoms with E-state index in [0.717, 1.165) is 51.4 Å². The molecule has 2 saturated carbocycles. The maximum Gasteiger partial charge on any atom is 0.200 e. The van der Waals surface area contributed by atoms with E-state index in [0.29, 0.717) is 24.0 Å². The lowest BCUT2D eigenvalue weighted by Gasteiger charge is -2.37. The van der Waals surface area contributed by atoms with Crippen molar-refractivity contribution in [2.45, 2.75) is 64.2 Å². The van der Waals surface area contributed by atoms with Crippen molar-refractivity contribution in [2.75, 3.05) is 13.3 Å². The predicted molar refractivity (Wildman–Crippen MR) is 103 cm³/mol. The number of ether oxygens (including phenoxy) is 1. The number of benzene rings is 1. The van der Waals surface area contributed by atoms with Crippen LogP contribution in [0.1, 0.15) is 69.8 Å². The van der Waals surface area contributed by atoms with Crippen molar-refractivity contribution in [2.24, 2.45) is 17.8 Å². The van der Waals surface area contributed by atoms with Gasteiger partial charge >= 0.3 is 0 Å². The molecule has 0 spiro atoms. The summed E-state index contributed by atoms with van der Waals surface area (Å²) in [6.45, 7) is 1.04. The Morgan fingerprint density at radius 1 is 0.964 bits per heavy atom. The number of hydrogen-bond donors (Lipinski definition) is 0. The fourth-order valence-electron chi connectivity index (χ4n) is 5.11. The average Bonchev–Trinajstić information content (AvgIpc) is 2.72. The summed E-state index contributed by atoms with van der Waals surface area (Å²) in [6, 6.07) is 3.21. The first-order valence-corrected chi connectivity index (χ1v) is 10.6. The molecule has 0 saturated heterocycles. The van der Waals surface area contributed by atoms with Crippen molar-refractivity contribution < 1.29 is 22.3 Å². The maximum atomic E-state index is 14.5. The molecule has 0 heterocycles. The highest BCUT2D eigenvalue weighted by atomic mass is 19.2. The molecular weight excluding hydrogens is 368 g/mol. The van der Waals surface area contributed by atoms with Gasteiger partial charge in [0.25, 0.3) is 0 Å². The Morgan fingerprint density at radius 2 is 1.57 bits per heavy atom. The van der Waals surface area contributed by atoms with E-state index in [4.69, 9.17) is 4.74 Å². The van der Waals surface area contributed by atoms with E-state index in [1.165, 1.54) is 12.1 Å². The number of hydrogen-bond acceptors (Lipinski definition) is 1. The van der Waals surface area contributed by atoms with Gasteiger partial charge in [-0.3, -0.25) is 0 Å². The molecule has 5 heteroatoms. The Kier molecular flexibility index (Phi) is 7.42. The van der Waals surface area contributed by atoms with Gasteiger partial charge in [0.05, 0.1) is 6.61 Å². The van der Waals surface area contributed by atoms with Crippen LogP contribution in [0.4, 0.5) is 17.6 Å². The fourth-order valence-corrected chi connectivity index (χ4v) is 5.11. The standard InChI is InChI=1S/C23H30F4O/c1-2-28-21-12-11-20(22(26)23(21)27)18-9-7-17(8-10-18)16-5-3-15(4-6-16)13-19(25)14-24/h11-13,15-18H,2-10,14H2,1H3. The minimum Gasteiger partial charge on any atom is -0.491 e. The van der Waals surface area contributed by atoms with E-state index in [9.17, 15) is 17.6 Å². The molecule has 0 aliphatic heterocycles. The summed E-state index contributed by atoms with van der Waals surface area (Å²) < 4.78 is 59.2. The Balaban J connectivity index is 1.53. The third kappa shape index (κ3) is 4.90. The molecule has 1 aromatic carbocycles. The normalized spacial score (nSPS) is 29.0. The van der Waals surface area contributed by atoms with E-state index in [2.05, 4.69) is 0 Å². The van der Waals surface area contributed by atoms with Crippen LogP contribution in [0.2, 0.25) is 0 Å². The zero-order valence-electron chi connectivity index (χ0n) is 16.5. The minimum atomic E-state index is -1.01. The van der Waals surface area contributed by atoms with E-state index < -0.39 is 24.1 Å². The molecule has 2 fully saturated rings. The molecule has 1 nitrogen and oxygen atoms in total. The zero-order valence-corrected chi connectivity index (χ0v) is 16.5. The molecular formula is C23H30F4O. The highest BCUT2D eigenvalue weighted by Crippen LogP contribution is 2.45. The smallest absolute Gasteiger partial charge is 0.200 e. The SMILES string of the molecule is CCOc1ccc(C2CCC(C3CCC(C=C(F)CF)CC3)CC2)c(F)c1F. The first kappa shape index (κ1) is 21.2. The van der Waals surface area contributed by atoms with E-state index in [-0.39, 0.29) is 17.6 Å². The molecule has 1 aromatic rings. The van der Waals surface area contributed by atoms with Crippen molar-refractivity contribution in [3.05, 3.63) is 41.2 Å². The Labute approximate surface area is 165 Å². The van der Waals surface area contributed by atoms with Crippen molar-refractivity contribution in [1.29, 1.82) is 0 Å². The summed E-state index contributed by atoms with van der Waals surface area (Å²) in [5.41, 5.74) is 0.468. The van der Waals surface area contributed by atoms with Gasteiger partial charge in [-0.1, -0.05) is 6.07 Å². The second-order valence-corrected chi connectivity index (χ2v) is 8.25. The zero-order chi connectivity index (χ0) is 20.1. The average molecular weight is 398 g/mol. The van der Waals surface area contributed by atoms with Gasteiger partial charge in [-0.2, -0.15) is 4.39 Å². The largest absolute Gasteiger partial charge is 0.491 e. The van der Waals surface area contributed by atoms with Crippen LogP contribution in [0.3, 0.4) is 0 Å². The molecule has 2 aliphatic carbocycles. The molecule has 2 aliphatic rings. The van der Waals surface area contributed by atoms with Crippen LogP contribution in [-0.4, -0.2) is 13.3 Å². The van der Waals surface area contributed by atoms with Gasteiger partial charge in [-0.15, -0.1) is 0 Å². The van der Waals surface area contributed by atoms with Gasteiger partial charge in [-0.25, -0.2) is 13.2 Å². The maximum absolute atomic E-state index is 14.5. The monoisotopic (exact) mass is 398 g/mol. The Bertz CT molecular complexity index is 671. The van der Waals surface area contributed by atoms with Gasteiger partial charge in [0, 0.05) is 0 Å². The van der Waals surface area contributed by atoms with Crippen LogP contribution < -0.4 is 4.74 Å². The molecule has 0 N–H and O–H groups in total. The van der Waals surface area contributed by atoms with Gasteiger partial charge in [-0.05, 0) is 99.7 Å². The fraction of sp³-hybridized carbons (Fsp3) is 0.652. The van der Waals surface area contributed by atoms with Crippen molar-refractivity contribution in [3.8, 4) is 5.75 Å². The number of allylic oxidation sites excluding steroid dienone is 2. The van der Waals surface area contributed by atoms with Crippen molar-refractivity contribution >= 4 is 0 Å². The second kappa shape index (κ2) is 9.80. The van der Waals surface area contributed by atoms with E-state index >= 15 is 0 Å². The summed E-state index contributed by atoms with van der Waals surface area (Å²) in [6.07, 6.45) is 9.14. The molecule has 156 valence electrons. The van der Waals surface area contributed by atoms with Gasteiger partial charge in [0.15, 0.2) is 11.6 Å². The van der Waals surface area contributed by atoms with E-state index in [1.807, 2.05) is 0 Å². The first-order valence-electron chi connectivity index (χ1n) is 10.6. The molecule has 0 aromatic heterocycles. The van der Waals surface area contributed by atoms with Crippen molar-refractivity contribution in [3.63, 3.8) is 0 Å².